The molecular weight excluding hydrogens is 320 g/mol. The smallest absolute Gasteiger partial charge is 0.311 e. The van der Waals surface area contributed by atoms with E-state index in [2.05, 4.69) is 44.4 Å². The molecule has 0 saturated heterocycles. The first kappa shape index (κ1) is 13.6. The number of carbonyl (C=O) groups is 1. The van der Waals surface area contributed by atoms with Gasteiger partial charge in [0.1, 0.15) is 0 Å². The number of nitrogens with one attached hydrogen (secondary N) is 2. The van der Waals surface area contributed by atoms with E-state index in [1.807, 2.05) is 6.07 Å². The molecule has 106 valence electrons. The van der Waals surface area contributed by atoms with Crippen LogP contribution < -0.4 is 5.32 Å². The molecule has 1 aromatic heterocycles. The van der Waals surface area contributed by atoms with Crippen molar-refractivity contribution >= 4 is 32.8 Å². The summed E-state index contributed by atoms with van der Waals surface area (Å²) in [7, 11) is 1.44. The molecule has 1 aromatic carbocycles. The minimum atomic E-state index is -0.230. The summed E-state index contributed by atoms with van der Waals surface area (Å²) in [6, 6.07) is 8.25. The molecule has 0 radical (unpaired) electrons. The van der Waals surface area contributed by atoms with Crippen molar-refractivity contribution in [1.82, 2.24) is 10.3 Å². The molecule has 1 aliphatic rings. The summed E-state index contributed by atoms with van der Waals surface area (Å²) in [4.78, 5) is 15.4. The average Bonchev–Trinajstić information content (AvgIpc) is 2.87. The van der Waals surface area contributed by atoms with Crippen molar-refractivity contribution in [2.45, 2.75) is 12.5 Å². The van der Waals surface area contributed by atoms with Gasteiger partial charge in [-0.05, 0) is 24.6 Å². The summed E-state index contributed by atoms with van der Waals surface area (Å²) in [6.07, 6.45) is 0.978. The molecule has 5 heteroatoms. The van der Waals surface area contributed by atoms with Gasteiger partial charge in [-0.2, -0.15) is 0 Å². The van der Waals surface area contributed by atoms with Crippen LogP contribution in [0.15, 0.2) is 24.3 Å². The first-order valence-electron chi connectivity index (χ1n) is 6.73. The number of H-pyrrole nitrogens is 1. The third-order valence-corrected chi connectivity index (χ3v) is 4.67. The average molecular weight is 337 g/mol. The Hall–Kier alpha value is -1.33. The topological polar surface area (TPSA) is 54.1 Å². The molecule has 2 aromatic rings. The Labute approximate surface area is 126 Å². The quantitative estimate of drug-likeness (QED) is 0.669. The summed E-state index contributed by atoms with van der Waals surface area (Å²) >= 11 is 3.43. The second-order valence-electron chi connectivity index (χ2n) is 5.03. The Kier molecular flexibility index (Phi) is 3.81. The minimum Gasteiger partial charge on any atom is -0.469 e. The molecule has 0 aliphatic carbocycles. The Morgan fingerprint density at radius 3 is 3.05 bits per heavy atom. The number of alkyl halides is 1. The highest BCUT2D eigenvalue weighted by atomic mass is 79.9. The number of ether oxygens (including phenoxy) is 1. The highest BCUT2D eigenvalue weighted by Gasteiger charge is 2.34. The number of fused-ring (bicyclic) bond motifs is 3. The number of halogens is 1. The zero-order chi connectivity index (χ0) is 14.1. The lowest BCUT2D eigenvalue weighted by Gasteiger charge is -2.29. The third kappa shape index (κ3) is 2.15. The van der Waals surface area contributed by atoms with Crippen molar-refractivity contribution in [3.63, 3.8) is 0 Å². The van der Waals surface area contributed by atoms with Crippen LogP contribution in [0.1, 0.15) is 17.3 Å². The van der Waals surface area contributed by atoms with Crippen LogP contribution in [0.25, 0.3) is 10.9 Å². The zero-order valence-electron chi connectivity index (χ0n) is 11.3. The fourth-order valence-corrected chi connectivity index (χ4v) is 3.63. The van der Waals surface area contributed by atoms with E-state index in [4.69, 9.17) is 4.74 Å². The molecule has 1 aliphatic heterocycles. The lowest BCUT2D eigenvalue weighted by atomic mass is 9.91. The minimum absolute atomic E-state index is 0.0297. The maximum absolute atomic E-state index is 12.0. The van der Waals surface area contributed by atoms with Crippen LogP contribution in [0.4, 0.5) is 0 Å². The van der Waals surface area contributed by atoms with Gasteiger partial charge in [-0.15, -0.1) is 0 Å². The fraction of sp³-hybridized carbons (Fsp3) is 0.400. The van der Waals surface area contributed by atoms with Crippen LogP contribution in [0.2, 0.25) is 0 Å². The van der Waals surface area contributed by atoms with E-state index in [1.165, 1.54) is 18.1 Å². The Morgan fingerprint density at radius 2 is 2.30 bits per heavy atom. The Bertz CT molecular complexity index is 638. The van der Waals surface area contributed by atoms with E-state index in [0.29, 0.717) is 5.33 Å². The molecule has 0 spiro atoms. The summed E-state index contributed by atoms with van der Waals surface area (Å²) < 4.78 is 4.92. The lowest BCUT2D eigenvalue weighted by molar-refractivity contribution is -0.145. The number of methoxy groups -OCH3 is 1. The summed E-state index contributed by atoms with van der Waals surface area (Å²) in [5, 5.41) is 5.27. The predicted octanol–water partition coefficient (Wildman–Crippen LogP) is 2.54. The molecule has 0 fully saturated rings. The fourth-order valence-electron chi connectivity index (χ4n) is 2.99. The summed E-state index contributed by atoms with van der Waals surface area (Å²) in [6.45, 7) is 0.875. The van der Waals surface area contributed by atoms with Crippen LogP contribution >= 0.6 is 15.9 Å². The number of para-hydroxylation sites is 1. The highest BCUT2D eigenvalue weighted by molar-refractivity contribution is 9.09. The van der Waals surface area contributed by atoms with Crippen molar-refractivity contribution < 1.29 is 9.53 Å². The van der Waals surface area contributed by atoms with Gasteiger partial charge in [0, 0.05) is 21.9 Å². The van der Waals surface area contributed by atoms with Crippen LogP contribution in [0, 0.1) is 5.92 Å². The molecular formula is C15H17BrN2O2. The van der Waals surface area contributed by atoms with E-state index in [1.54, 1.807) is 0 Å². The summed E-state index contributed by atoms with van der Waals surface area (Å²) in [5.41, 5.74) is 3.57. The van der Waals surface area contributed by atoms with Crippen LogP contribution in [0.3, 0.4) is 0 Å². The normalized spacial score (nSPS) is 19.6. The molecule has 0 bridgehead atoms. The number of hydrogen-bond donors (Lipinski definition) is 2. The standard InChI is InChI=1S/C15H17BrN2O2/c1-20-15(19)11(8-16)13-14-10(6-7-17-13)9-4-2-3-5-12(9)18-14/h2-5,11,13,17-18H,6-8H2,1H3. The van der Waals surface area contributed by atoms with Crippen molar-refractivity contribution in [3.05, 3.63) is 35.5 Å². The van der Waals surface area contributed by atoms with E-state index in [9.17, 15) is 4.79 Å². The number of hydrogen-bond acceptors (Lipinski definition) is 3. The van der Waals surface area contributed by atoms with Crippen molar-refractivity contribution in [2.75, 3.05) is 19.0 Å². The predicted molar refractivity (Wildman–Crippen MR) is 82.0 cm³/mol. The Morgan fingerprint density at radius 1 is 1.50 bits per heavy atom. The monoisotopic (exact) mass is 336 g/mol. The van der Waals surface area contributed by atoms with Gasteiger partial charge < -0.3 is 15.0 Å². The lowest BCUT2D eigenvalue weighted by Crippen LogP contribution is -2.39. The maximum atomic E-state index is 12.0. The molecule has 4 nitrogen and oxygen atoms in total. The van der Waals surface area contributed by atoms with Gasteiger partial charge in [-0.3, -0.25) is 4.79 Å². The van der Waals surface area contributed by atoms with E-state index in [-0.39, 0.29) is 17.9 Å². The first-order valence-corrected chi connectivity index (χ1v) is 7.85. The molecule has 3 rings (SSSR count). The molecule has 20 heavy (non-hydrogen) atoms. The van der Waals surface area contributed by atoms with E-state index >= 15 is 0 Å². The number of esters is 1. The van der Waals surface area contributed by atoms with E-state index < -0.39 is 0 Å². The molecule has 0 amide bonds. The second kappa shape index (κ2) is 5.58. The van der Waals surface area contributed by atoms with Gasteiger partial charge >= 0.3 is 5.97 Å². The van der Waals surface area contributed by atoms with E-state index in [0.717, 1.165) is 24.2 Å². The molecule has 2 atom stereocenters. The number of benzene rings is 1. The Balaban J connectivity index is 2.07. The zero-order valence-corrected chi connectivity index (χ0v) is 12.9. The first-order chi connectivity index (χ1) is 9.76. The molecule has 2 N–H and O–H groups in total. The summed E-state index contributed by atoms with van der Waals surface area (Å²) in [5.74, 6) is -0.419. The second-order valence-corrected chi connectivity index (χ2v) is 5.68. The SMILES string of the molecule is COC(=O)C(CBr)C1NCCc2c1[nH]c1ccccc21. The molecule has 2 unspecified atom stereocenters. The van der Waals surface area contributed by atoms with Crippen molar-refractivity contribution in [1.29, 1.82) is 0 Å². The van der Waals surface area contributed by atoms with Gasteiger partial charge in [0.05, 0.1) is 19.1 Å². The highest BCUT2D eigenvalue weighted by Crippen LogP contribution is 2.34. The van der Waals surface area contributed by atoms with Gasteiger partial charge in [0.15, 0.2) is 0 Å². The molecule has 0 saturated carbocycles. The van der Waals surface area contributed by atoms with Gasteiger partial charge in [0.25, 0.3) is 0 Å². The van der Waals surface area contributed by atoms with Gasteiger partial charge in [-0.1, -0.05) is 34.1 Å². The van der Waals surface area contributed by atoms with Crippen molar-refractivity contribution in [2.24, 2.45) is 5.92 Å². The number of aromatic nitrogens is 1. The van der Waals surface area contributed by atoms with Crippen molar-refractivity contribution in [3.8, 4) is 0 Å². The third-order valence-electron chi connectivity index (χ3n) is 3.97. The van der Waals surface area contributed by atoms with Gasteiger partial charge in [-0.25, -0.2) is 0 Å². The van der Waals surface area contributed by atoms with Crippen LogP contribution in [-0.2, 0) is 16.0 Å². The van der Waals surface area contributed by atoms with Crippen LogP contribution in [0.5, 0.6) is 0 Å². The number of carbonyl (C=O) groups excluding carboxylic acids is 1. The van der Waals surface area contributed by atoms with Gasteiger partial charge in [0.2, 0.25) is 0 Å². The largest absolute Gasteiger partial charge is 0.469 e. The van der Waals surface area contributed by atoms with Crippen LogP contribution in [-0.4, -0.2) is 29.9 Å². The maximum Gasteiger partial charge on any atom is 0.311 e. The number of rotatable bonds is 3. The molecule has 2 heterocycles. The number of aromatic amines is 1.